The van der Waals surface area contributed by atoms with Crippen LogP contribution in [0.15, 0.2) is 18.3 Å². The van der Waals surface area contributed by atoms with E-state index in [4.69, 9.17) is 11.5 Å². The van der Waals surface area contributed by atoms with Crippen molar-refractivity contribution in [2.45, 2.75) is 6.42 Å². The molecular formula is C9H10N4O3. The van der Waals surface area contributed by atoms with E-state index in [1.807, 2.05) is 0 Å². The van der Waals surface area contributed by atoms with Crippen LogP contribution in [0.2, 0.25) is 0 Å². The summed E-state index contributed by atoms with van der Waals surface area (Å²) in [7, 11) is 0. The number of hydrogen-bond donors (Lipinski definition) is 2. The summed E-state index contributed by atoms with van der Waals surface area (Å²) in [5.41, 5.74) is 10.5. The van der Waals surface area contributed by atoms with Crippen LogP contribution in [0.3, 0.4) is 0 Å². The van der Waals surface area contributed by atoms with E-state index in [0.29, 0.717) is 5.56 Å². The molecule has 0 aliphatic carbocycles. The van der Waals surface area contributed by atoms with Crippen molar-refractivity contribution >= 4 is 23.5 Å². The second-order valence-corrected chi connectivity index (χ2v) is 3.00. The average molecular weight is 222 g/mol. The van der Waals surface area contributed by atoms with Gasteiger partial charge in [-0.1, -0.05) is 12.2 Å². The molecule has 1 aromatic rings. The molecule has 0 aliphatic rings. The highest BCUT2D eigenvalue weighted by Gasteiger charge is 2.12. The first-order chi connectivity index (χ1) is 7.50. The van der Waals surface area contributed by atoms with Gasteiger partial charge in [-0.25, -0.2) is 4.98 Å². The molecule has 0 aromatic carbocycles. The molecule has 0 aliphatic heterocycles. The number of amides is 1. The zero-order chi connectivity index (χ0) is 12.1. The van der Waals surface area contributed by atoms with Gasteiger partial charge >= 0.3 is 5.69 Å². The summed E-state index contributed by atoms with van der Waals surface area (Å²) < 4.78 is 0. The van der Waals surface area contributed by atoms with E-state index in [1.54, 1.807) is 0 Å². The number of anilines is 1. The van der Waals surface area contributed by atoms with Gasteiger partial charge in [0, 0.05) is 18.7 Å². The molecule has 0 fully saturated rings. The quantitative estimate of drug-likeness (QED) is 0.565. The van der Waals surface area contributed by atoms with Gasteiger partial charge < -0.3 is 11.5 Å². The molecule has 1 aromatic heterocycles. The third-order valence-corrected chi connectivity index (χ3v) is 1.74. The van der Waals surface area contributed by atoms with Crippen LogP contribution >= 0.6 is 0 Å². The summed E-state index contributed by atoms with van der Waals surface area (Å²) in [4.78, 5) is 24.0. The first-order valence-corrected chi connectivity index (χ1v) is 4.35. The van der Waals surface area contributed by atoms with Crippen molar-refractivity contribution in [1.29, 1.82) is 0 Å². The Bertz CT molecular complexity index is 456. The Kier molecular flexibility index (Phi) is 3.54. The molecule has 0 atom stereocenters. The highest BCUT2D eigenvalue weighted by Crippen LogP contribution is 2.20. The lowest BCUT2D eigenvalue weighted by atomic mass is 10.2. The summed E-state index contributed by atoms with van der Waals surface area (Å²) in [5, 5.41) is 10.5. The van der Waals surface area contributed by atoms with E-state index in [2.05, 4.69) is 4.98 Å². The zero-order valence-electron chi connectivity index (χ0n) is 8.29. The minimum Gasteiger partial charge on any atom is -0.378 e. The Labute approximate surface area is 90.9 Å². The second-order valence-electron chi connectivity index (χ2n) is 3.00. The number of nitro groups is 1. The molecule has 84 valence electrons. The van der Waals surface area contributed by atoms with Crippen LogP contribution in [0.4, 0.5) is 11.5 Å². The van der Waals surface area contributed by atoms with Gasteiger partial charge in [0.05, 0.1) is 4.92 Å². The summed E-state index contributed by atoms with van der Waals surface area (Å²) in [5.74, 6) is -0.619. The van der Waals surface area contributed by atoms with E-state index in [-0.39, 0.29) is 17.9 Å². The Balaban J connectivity index is 2.91. The summed E-state index contributed by atoms with van der Waals surface area (Å²) in [6, 6.07) is 1.28. The topological polar surface area (TPSA) is 125 Å². The predicted molar refractivity (Wildman–Crippen MR) is 58.1 cm³/mol. The highest BCUT2D eigenvalue weighted by atomic mass is 16.6. The van der Waals surface area contributed by atoms with Gasteiger partial charge in [0.2, 0.25) is 11.7 Å². The first kappa shape index (κ1) is 11.6. The molecule has 4 N–H and O–H groups in total. The van der Waals surface area contributed by atoms with Crippen LogP contribution in [0.25, 0.3) is 6.08 Å². The van der Waals surface area contributed by atoms with Crippen molar-refractivity contribution in [3.05, 3.63) is 34.0 Å². The molecule has 16 heavy (non-hydrogen) atoms. The van der Waals surface area contributed by atoms with E-state index in [1.165, 1.54) is 24.4 Å². The highest BCUT2D eigenvalue weighted by molar-refractivity contribution is 5.76. The molecule has 0 saturated carbocycles. The fourth-order valence-electron chi connectivity index (χ4n) is 1.03. The minimum absolute atomic E-state index is 0.0676. The van der Waals surface area contributed by atoms with Crippen molar-refractivity contribution in [3.8, 4) is 0 Å². The van der Waals surface area contributed by atoms with Gasteiger partial charge in [-0.05, 0) is 5.56 Å². The molecule has 7 heteroatoms. The predicted octanol–water partition coefficient (Wildman–Crippen LogP) is 0.461. The van der Waals surface area contributed by atoms with Crippen LogP contribution in [0.1, 0.15) is 12.0 Å². The maximum Gasteiger partial charge on any atom is 0.311 e. The lowest BCUT2D eigenvalue weighted by molar-refractivity contribution is -0.384. The second kappa shape index (κ2) is 4.87. The number of carbonyl (C=O) groups excluding carboxylic acids is 1. The third kappa shape index (κ3) is 3.05. The molecule has 0 saturated heterocycles. The smallest absolute Gasteiger partial charge is 0.311 e. The van der Waals surface area contributed by atoms with Crippen LogP contribution in [0, 0.1) is 10.1 Å². The molecule has 0 unspecified atom stereocenters. The molecule has 1 rings (SSSR count). The number of rotatable bonds is 4. The fourth-order valence-corrected chi connectivity index (χ4v) is 1.03. The molecule has 0 bridgehead atoms. The first-order valence-electron chi connectivity index (χ1n) is 4.35. The Morgan fingerprint density at radius 1 is 1.62 bits per heavy atom. The van der Waals surface area contributed by atoms with E-state index >= 15 is 0 Å². The van der Waals surface area contributed by atoms with Gasteiger partial charge in [0.1, 0.15) is 0 Å². The van der Waals surface area contributed by atoms with Gasteiger partial charge in [-0.2, -0.15) is 0 Å². The van der Waals surface area contributed by atoms with Gasteiger partial charge in [0.15, 0.2) is 0 Å². The average Bonchev–Trinajstić information content (AvgIpc) is 2.19. The Morgan fingerprint density at radius 3 is 2.88 bits per heavy atom. The van der Waals surface area contributed by atoms with Crippen LogP contribution in [0.5, 0.6) is 0 Å². The monoisotopic (exact) mass is 222 g/mol. The maximum atomic E-state index is 10.5. The Hall–Kier alpha value is -2.44. The largest absolute Gasteiger partial charge is 0.378 e. The maximum absolute atomic E-state index is 10.5. The van der Waals surface area contributed by atoms with Crippen LogP contribution < -0.4 is 11.5 Å². The molecule has 1 amide bonds. The SMILES string of the molecule is NC(=O)CC=Cc1cnc(N)c([N+](=O)[O-])c1. The molecular weight excluding hydrogens is 212 g/mol. The number of nitrogens with zero attached hydrogens (tertiary/aromatic N) is 2. The fraction of sp³-hybridized carbons (Fsp3) is 0.111. The Morgan fingerprint density at radius 2 is 2.31 bits per heavy atom. The summed E-state index contributed by atoms with van der Waals surface area (Å²) >= 11 is 0. The third-order valence-electron chi connectivity index (χ3n) is 1.74. The molecule has 1 heterocycles. The summed E-state index contributed by atoms with van der Waals surface area (Å²) in [6.45, 7) is 0. The molecule has 0 spiro atoms. The van der Waals surface area contributed by atoms with Crippen molar-refractivity contribution in [2.24, 2.45) is 5.73 Å². The summed E-state index contributed by atoms with van der Waals surface area (Å²) in [6.07, 6.45) is 4.46. The van der Waals surface area contributed by atoms with E-state index < -0.39 is 10.8 Å². The van der Waals surface area contributed by atoms with E-state index in [0.717, 1.165) is 0 Å². The van der Waals surface area contributed by atoms with Gasteiger partial charge in [-0.3, -0.25) is 14.9 Å². The van der Waals surface area contributed by atoms with Crippen molar-refractivity contribution in [2.75, 3.05) is 5.73 Å². The van der Waals surface area contributed by atoms with E-state index in [9.17, 15) is 14.9 Å². The zero-order valence-corrected chi connectivity index (χ0v) is 8.29. The van der Waals surface area contributed by atoms with Crippen LogP contribution in [-0.4, -0.2) is 15.8 Å². The lowest BCUT2D eigenvalue weighted by Gasteiger charge is -1.97. The number of aromatic nitrogens is 1. The number of primary amides is 1. The standard InChI is InChI=1S/C9H10N4O3/c10-8(14)3-1-2-6-4-7(13(15)16)9(11)12-5-6/h1-2,4-5H,3H2,(H2,10,14)(H2,11,12). The minimum atomic E-state index is -0.617. The number of hydrogen-bond acceptors (Lipinski definition) is 5. The number of nitrogens with two attached hydrogens (primary N) is 2. The molecule has 7 nitrogen and oxygen atoms in total. The number of carbonyl (C=O) groups is 1. The van der Waals surface area contributed by atoms with Gasteiger partial charge in [0.25, 0.3) is 0 Å². The number of nitrogen functional groups attached to an aromatic ring is 1. The van der Waals surface area contributed by atoms with Crippen molar-refractivity contribution in [3.63, 3.8) is 0 Å². The number of pyridine rings is 1. The molecule has 0 radical (unpaired) electrons. The van der Waals surface area contributed by atoms with Crippen LogP contribution in [-0.2, 0) is 4.79 Å². The van der Waals surface area contributed by atoms with Crippen molar-refractivity contribution < 1.29 is 9.72 Å². The van der Waals surface area contributed by atoms with Gasteiger partial charge in [-0.15, -0.1) is 0 Å². The lowest BCUT2D eigenvalue weighted by Crippen LogP contribution is -2.07. The van der Waals surface area contributed by atoms with Crippen molar-refractivity contribution in [1.82, 2.24) is 4.98 Å². The normalized spacial score (nSPS) is 10.5.